The SMILES string of the molecule is Cc1ccc(C)c2c1CCCC2N1CCC(c2ncn[nH]2)CC1. The maximum atomic E-state index is 4.35. The van der Waals surface area contributed by atoms with Gasteiger partial charge in [-0.1, -0.05) is 12.1 Å². The van der Waals surface area contributed by atoms with Gasteiger partial charge in [-0.25, -0.2) is 4.98 Å². The van der Waals surface area contributed by atoms with Crippen LogP contribution in [-0.2, 0) is 6.42 Å². The lowest BCUT2D eigenvalue weighted by Gasteiger charge is -2.41. The third kappa shape index (κ3) is 2.69. The predicted octanol–water partition coefficient (Wildman–Crippen LogP) is 3.68. The summed E-state index contributed by atoms with van der Waals surface area (Å²) in [4.78, 5) is 7.07. The van der Waals surface area contributed by atoms with E-state index in [0.29, 0.717) is 12.0 Å². The lowest BCUT2D eigenvalue weighted by molar-refractivity contribution is 0.136. The smallest absolute Gasteiger partial charge is 0.137 e. The van der Waals surface area contributed by atoms with Crippen LogP contribution in [0.4, 0.5) is 0 Å². The molecule has 0 radical (unpaired) electrons. The van der Waals surface area contributed by atoms with Gasteiger partial charge in [-0.3, -0.25) is 10.00 Å². The molecule has 1 aromatic carbocycles. The number of likely N-dealkylation sites (tertiary alicyclic amines) is 1. The molecule has 122 valence electrons. The number of benzene rings is 1. The fourth-order valence-corrected chi connectivity index (χ4v) is 4.56. The second kappa shape index (κ2) is 6.08. The van der Waals surface area contributed by atoms with E-state index in [9.17, 15) is 0 Å². The molecule has 0 spiro atoms. The van der Waals surface area contributed by atoms with E-state index in [-0.39, 0.29) is 0 Å². The predicted molar refractivity (Wildman–Crippen MR) is 91.5 cm³/mol. The van der Waals surface area contributed by atoms with Crippen molar-refractivity contribution in [2.24, 2.45) is 0 Å². The van der Waals surface area contributed by atoms with Gasteiger partial charge < -0.3 is 0 Å². The van der Waals surface area contributed by atoms with Gasteiger partial charge in [0, 0.05) is 12.0 Å². The van der Waals surface area contributed by atoms with Gasteiger partial charge in [0.2, 0.25) is 0 Å². The van der Waals surface area contributed by atoms with Crippen LogP contribution in [0.2, 0.25) is 0 Å². The van der Waals surface area contributed by atoms with E-state index in [1.165, 1.54) is 56.3 Å². The molecular weight excluding hydrogens is 284 g/mol. The molecule has 1 aliphatic heterocycles. The first-order valence-corrected chi connectivity index (χ1v) is 8.92. The van der Waals surface area contributed by atoms with E-state index in [4.69, 9.17) is 0 Å². The van der Waals surface area contributed by atoms with Gasteiger partial charge in [0.15, 0.2) is 0 Å². The Morgan fingerprint density at radius 2 is 1.87 bits per heavy atom. The molecule has 1 N–H and O–H groups in total. The Bertz CT molecular complexity index is 669. The Morgan fingerprint density at radius 3 is 2.61 bits per heavy atom. The van der Waals surface area contributed by atoms with Gasteiger partial charge in [-0.15, -0.1) is 0 Å². The Labute approximate surface area is 138 Å². The van der Waals surface area contributed by atoms with Gasteiger partial charge in [-0.2, -0.15) is 5.10 Å². The number of rotatable bonds is 2. The number of hydrogen-bond acceptors (Lipinski definition) is 3. The topological polar surface area (TPSA) is 44.8 Å². The van der Waals surface area contributed by atoms with Crippen molar-refractivity contribution in [2.75, 3.05) is 13.1 Å². The average Bonchev–Trinajstić information content (AvgIpc) is 3.13. The molecule has 0 saturated carbocycles. The van der Waals surface area contributed by atoms with Crippen LogP contribution in [0.1, 0.15) is 65.7 Å². The first-order chi connectivity index (χ1) is 11.2. The molecule has 1 aliphatic carbocycles. The van der Waals surface area contributed by atoms with Crippen molar-refractivity contribution in [1.29, 1.82) is 0 Å². The molecule has 1 unspecified atom stereocenters. The highest BCUT2D eigenvalue weighted by atomic mass is 15.2. The van der Waals surface area contributed by atoms with Crippen molar-refractivity contribution in [1.82, 2.24) is 20.1 Å². The quantitative estimate of drug-likeness (QED) is 0.920. The first kappa shape index (κ1) is 14.9. The highest BCUT2D eigenvalue weighted by Crippen LogP contribution is 2.40. The number of aromatic nitrogens is 3. The summed E-state index contributed by atoms with van der Waals surface area (Å²) in [5.74, 6) is 1.62. The molecule has 0 bridgehead atoms. The number of hydrogen-bond donors (Lipinski definition) is 1. The zero-order valence-corrected chi connectivity index (χ0v) is 14.2. The molecule has 2 aliphatic rings. The number of aromatic amines is 1. The molecule has 2 aromatic rings. The Hall–Kier alpha value is -1.68. The lowest BCUT2D eigenvalue weighted by atomic mass is 9.81. The van der Waals surface area contributed by atoms with E-state index in [0.717, 1.165) is 5.82 Å². The summed E-state index contributed by atoms with van der Waals surface area (Å²) in [6, 6.07) is 5.23. The fourth-order valence-electron chi connectivity index (χ4n) is 4.56. The summed E-state index contributed by atoms with van der Waals surface area (Å²) in [5, 5.41) is 7.06. The summed E-state index contributed by atoms with van der Waals surface area (Å²) >= 11 is 0. The van der Waals surface area contributed by atoms with Crippen LogP contribution < -0.4 is 0 Å². The number of fused-ring (bicyclic) bond motifs is 1. The van der Waals surface area contributed by atoms with Crippen molar-refractivity contribution in [3.05, 3.63) is 46.5 Å². The van der Waals surface area contributed by atoms with E-state index in [2.05, 4.69) is 46.1 Å². The van der Waals surface area contributed by atoms with Crippen molar-refractivity contribution >= 4 is 0 Å². The molecule has 1 atom stereocenters. The third-order valence-corrected chi connectivity index (χ3v) is 5.84. The number of aryl methyl sites for hydroxylation is 2. The molecule has 1 saturated heterocycles. The Kier molecular flexibility index (Phi) is 3.93. The van der Waals surface area contributed by atoms with Crippen molar-refractivity contribution in [2.45, 2.75) is 57.9 Å². The molecule has 4 heteroatoms. The standard InChI is InChI=1S/C19H26N4/c1-13-6-7-14(2)18-16(13)4-3-5-17(18)23-10-8-15(9-11-23)19-20-12-21-22-19/h6-7,12,15,17H,3-5,8-11H2,1-2H3,(H,20,21,22). The molecule has 2 heterocycles. The maximum Gasteiger partial charge on any atom is 0.137 e. The molecule has 1 fully saturated rings. The van der Waals surface area contributed by atoms with Gasteiger partial charge >= 0.3 is 0 Å². The summed E-state index contributed by atoms with van der Waals surface area (Å²) in [5.41, 5.74) is 6.22. The monoisotopic (exact) mass is 310 g/mol. The lowest BCUT2D eigenvalue weighted by Crippen LogP contribution is -2.38. The second-order valence-electron chi connectivity index (χ2n) is 7.18. The minimum absolute atomic E-state index is 0.551. The van der Waals surface area contributed by atoms with Crippen LogP contribution in [0.25, 0.3) is 0 Å². The molecule has 1 aromatic heterocycles. The minimum Gasteiger partial charge on any atom is -0.296 e. The fraction of sp³-hybridized carbons (Fsp3) is 0.579. The van der Waals surface area contributed by atoms with E-state index in [1.807, 2.05) is 0 Å². The summed E-state index contributed by atoms with van der Waals surface area (Å²) in [7, 11) is 0. The minimum atomic E-state index is 0.551. The van der Waals surface area contributed by atoms with Crippen molar-refractivity contribution in [3.63, 3.8) is 0 Å². The van der Waals surface area contributed by atoms with Gasteiger partial charge in [0.25, 0.3) is 0 Å². The summed E-state index contributed by atoms with van der Waals surface area (Å²) in [6.45, 7) is 6.90. The van der Waals surface area contributed by atoms with Crippen molar-refractivity contribution < 1.29 is 0 Å². The molecule has 23 heavy (non-hydrogen) atoms. The first-order valence-electron chi connectivity index (χ1n) is 8.92. The van der Waals surface area contributed by atoms with Crippen LogP contribution in [0.15, 0.2) is 18.5 Å². The van der Waals surface area contributed by atoms with Crippen LogP contribution in [0, 0.1) is 13.8 Å². The number of nitrogens with zero attached hydrogens (tertiary/aromatic N) is 3. The van der Waals surface area contributed by atoms with Crippen molar-refractivity contribution in [3.8, 4) is 0 Å². The average molecular weight is 310 g/mol. The van der Waals surface area contributed by atoms with Crippen LogP contribution >= 0.6 is 0 Å². The van der Waals surface area contributed by atoms with Gasteiger partial charge in [0.05, 0.1) is 0 Å². The molecule has 0 amide bonds. The highest BCUT2D eigenvalue weighted by molar-refractivity contribution is 5.43. The summed E-state index contributed by atoms with van der Waals surface area (Å²) < 4.78 is 0. The second-order valence-corrected chi connectivity index (χ2v) is 7.18. The molecule has 4 rings (SSSR count). The Balaban J connectivity index is 1.54. The van der Waals surface area contributed by atoms with Crippen LogP contribution in [0.3, 0.4) is 0 Å². The van der Waals surface area contributed by atoms with E-state index in [1.54, 1.807) is 17.5 Å². The van der Waals surface area contributed by atoms with Gasteiger partial charge in [0.1, 0.15) is 12.2 Å². The largest absolute Gasteiger partial charge is 0.296 e. The van der Waals surface area contributed by atoms with E-state index < -0.39 is 0 Å². The van der Waals surface area contributed by atoms with Crippen LogP contribution in [-0.4, -0.2) is 33.2 Å². The zero-order valence-electron chi connectivity index (χ0n) is 14.2. The molecule has 4 nitrogen and oxygen atoms in total. The van der Waals surface area contributed by atoms with Crippen LogP contribution in [0.5, 0.6) is 0 Å². The van der Waals surface area contributed by atoms with Gasteiger partial charge in [-0.05, 0) is 81.3 Å². The van der Waals surface area contributed by atoms with E-state index >= 15 is 0 Å². The normalized spacial score (nSPS) is 23.0. The Morgan fingerprint density at radius 1 is 1.09 bits per heavy atom. The number of H-pyrrole nitrogens is 1. The number of nitrogens with one attached hydrogen (secondary N) is 1. The zero-order chi connectivity index (χ0) is 15.8. The third-order valence-electron chi connectivity index (χ3n) is 5.84. The molecular formula is C19H26N4. The highest BCUT2D eigenvalue weighted by Gasteiger charge is 2.31. The maximum absolute atomic E-state index is 4.35. The number of piperidine rings is 1. The summed E-state index contributed by atoms with van der Waals surface area (Å²) in [6.07, 6.45) is 7.89.